The first-order chi connectivity index (χ1) is 12.7. The Hall–Kier alpha value is -3.16. The first-order valence-corrected chi connectivity index (χ1v) is 8.59. The van der Waals surface area contributed by atoms with Gasteiger partial charge in [0.15, 0.2) is 11.8 Å². The molecule has 0 saturated heterocycles. The van der Waals surface area contributed by atoms with Crippen LogP contribution in [0.25, 0.3) is 11.3 Å². The molecule has 0 aliphatic heterocycles. The number of nitrogens with zero attached hydrogens (tertiary/aromatic N) is 6. The van der Waals surface area contributed by atoms with Crippen molar-refractivity contribution in [2.75, 3.05) is 13.6 Å². The van der Waals surface area contributed by atoms with Crippen molar-refractivity contribution in [3.05, 3.63) is 54.5 Å². The summed E-state index contributed by atoms with van der Waals surface area (Å²) < 4.78 is 1.87. The molecule has 26 heavy (non-hydrogen) atoms. The normalized spacial score (nSPS) is 11.6. The summed E-state index contributed by atoms with van der Waals surface area (Å²) in [4.78, 5) is 14.5. The van der Waals surface area contributed by atoms with E-state index in [2.05, 4.69) is 42.6 Å². The van der Waals surface area contributed by atoms with Crippen molar-refractivity contribution in [3.63, 3.8) is 0 Å². The Labute approximate surface area is 153 Å². The van der Waals surface area contributed by atoms with Gasteiger partial charge in [0, 0.05) is 20.6 Å². The number of aromatic amines is 1. The Morgan fingerprint density at radius 1 is 1.31 bits per heavy atom. The molecule has 2 heterocycles. The van der Waals surface area contributed by atoms with Gasteiger partial charge in [-0.3, -0.25) is 0 Å². The summed E-state index contributed by atoms with van der Waals surface area (Å²) in [5.74, 6) is 2.50. The van der Waals surface area contributed by atoms with Gasteiger partial charge in [-0.25, -0.2) is 9.98 Å². The van der Waals surface area contributed by atoms with Crippen molar-refractivity contribution in [3.8, 4) is 11.3 Å². The van der Waals surface area contributed by atoms with Crippen LogP contribution in [0.15, 0.2) is 47.8 Å². The van der Waals surface area contributed by atoms with Gasteiger partial charge in [0.25, 0.3) is 0 Å². The molecule has 0 amide bonds. The number of aliphatic imine (C=N–C) groups is 1. The maximum absolute atomic E-state index is 4.64. The van der Waals surface area contributed by atoms with E-state index in [1.807, 2.05) is 54.9 Å². The lowest BCUT2D eigenvalue weighted by Gasteiger charge is -2.20. The Morgan fingerprint density at radius 3 is 2.81 bits per heavy atom. The molecule has 0 atom stereocenters. The van der Waals surface area contributed by atoms with E-state index >= 15 is 0 Å². The SMILES string of the molecule is CCNC(=NCc1nncn1C)N(C)Cc1ncc(-c2ccccc2)[nH]1. The topological polar surface area (TPSA) is 87.0 Å². The molecule has 2 aromatic heterocycles. The third-order valence-electron chi connectivity index (χ3n) is 3.97. The van der Waals surface area contributed by atoms with E-state index in [1.54, 1.807) is 6.33 Å². The first kappa shape index (κ1) is 17.7. The van der Waals surface area contributed by atoms with Gasteiger partial charge in [-0.2, -0.15) is 0 Å². The van der Waals surface area contributed by atoms with Crippen LogP contribution in [-0.2, 0) is 20.1 Å². The zero-order valence-electron chi connectivity index (χ0n) is 15.3. The Balaban J connectivity index is 1.69. The number of nitrogens with one attached hydrogen (secondary N) is 2. The molecule has 136 valence electrons. The molecule has 0 saturated carbocycles. The fourth-order valence-electron chi connectivity index (χ4n) is 2.57. The summed E-state index contributed by atoms with van der Waals surface area (Å²) >= 11 is 0. The number of benzene rings is 1. The van der Waals surface area contributed by atoms with E-state index in [4.69, 9.17) is 0 Å². The lowest BCUT2D eigenvalue weighted by molar-refractivity contribution is 0.463. The van der Waals surface area contributed by atoms with Gasteiger partial charge in [0.1, 0.15) is 18.7 Å². The predicted molar refractivity (Wildman–Crippen MR) is 101 cm³/mol. The molecule has 0 spiro atoms. The lowest BCUT2D eigenvalue weighted by Crippen LogP contribution is -2.38. The number of aromatic nitrogens is 5. The highest BCUT2D eigenvalue weighted by Gasteiger charge is 2.10. The van der Waals surface area contributed by atoms with Crippen LogP contribution >= 0.6 is 0 Å². The maximum atomic E-state index is 4.64. The van der Waals surface area contributed by atoms with E-state index < -0.39 is 0 Å². The van der Waals surface area contributed by atoms with E-state index in [0.717, 1.165) is 35.4 Å². The number of hydrogen-bond acceptors (Lipinski definition) is 4. The van der Waals surface area contributed by atoms with Crippen LogP contribution in [0.3, 0.4) is 0 Å². The van der Waals surface area contributed by atoms with Gasteiger partial charge in [0.2, 0.25) is 0 Å². The number of imidazole rings is 1. The molecule has 0 bridgehead atoms. The third kappa shape index (κ3) is 4.27. The number of rotatable bonds is 6. The molecule has 3 rings (SSSR count). The minimum atomic E-state index is 0.469. The molecule has 2 N–H and O–H groups in total. The van der Waals surface area contributed by atoms with Crippen molar-refractivity contribution in [2.45, 2.75) is 20.0 Å². The second-order valence-corrected chi connectivity index (χ2v) is 5.99. The van der Waals surface area contributed by atoms with Gasteiger partial charge < -0.3 is 19.8 Å². The molecule has 0 aliphatic carbocycles. The second kappa shape index (κ2) is 8.28. The predicted octanol–water partition coefficient (Wildman–Crippen LogP) is 1.80. The Bertz CT molecular complexity index is 849. The summed E-state index contributed by atoms with van der Waals surface area (Å²) in [5, 5.41) is 11.3. The molecule has 0 radical (unpaired) electrons. The minimum absolute atomic E-state index is 0.469. The number of aryl methyl sites for hydroxylation is 1. The number of guanidine groups is 1. The summed E-state index contributed by atoms with van der Waals surface area (Å²) in [6, 6.07) is 10.2. The Morgan fingerprint density at radius 2 is 2.12 bits per heavy atom. The van der Waals surface area contributed by atoms with E-state index in [-0.39, 0.29) is 0 Å². The fraction of sp³-hybridized carbons (Fsp3) is 0.333. The molecule has 1 aromatic carbocycles. The van der Waals surface area contributed by atoms with Crippen LogP contribution in [0, 0.1) is 0 Å². The van der Waals surface area contributed by atoms with Crippen LogP contribution in [0.1, 0.15) is 18.6 Å². The number of hydrogen-bond donors (Lipinski definition) is 2. The molecular formula is C18H24N8. The van der Waals surface area contributed by atoms with Gasteiger partial charge >= 0.3 is 0 Å². The van der Waals surface area contributed by atoms with Crippen molar-refractivity contribution in [1.82, 2.24) is 34.9 Å². The van der Waals surface area contributed by atoms with Gasteiger partial charge in [-0.05, 0) is 12.5 Å². The highest BCUT2D eigenvalue weighted by Crippen LogP contribution is 2.16. The highest BCUT2D eigenvalue weighted by atomic mass is 15.3. The summed E-state index contributed by atoms with van der Waals surface area (Å²) in [6.45, 7) is 3.93. The minimum Gasteiger partial charge on any atom is -0.357 e. The van der Waals surface area contributed by atoms with Gasteiger partial charge in [-0.15, -0.1) is 10.2 Å². The largest absolute Gasteiger partial charge is 0.357 e. The van der Waals surface area contributed by atoms with Crippen LogP contribution in [0.4, 0.5) is 0 Å². The van der Waals surface area contributed by atoms with E-state index in [0.29, 0.717) is 13.1 Å². The van der Waals surface area contributed by atoms with Crippen LogP contribution in [-0.4, -0.2) is 49.2 Å². The summed E-state index contributed by atoms with van der Waals surface area (Å²) in [7, 11) is 3.90. The van der Waals surface area contributed by atoms with Crippen LogP contribution in [0.2, 0.25) is 0 Å². The average molecular weight is 352 g/mol. The maximum Gasteiger partial charge on any atom is 0.194 e. The molecule has 0 aliphatic rings. The molecule has 8 nitrogen and oxygen atoms in total. The standard InChI is InChI=1S/C18H24N8/c1-4-19-18(21-11-17-24-22-13-26(17)3)25(2)12-16-20-10-15(23-16)14-8-6-5-7-9-14/h5-10,13H,4,11-12H2,1-3H3,(H,19,21)(H,20,23). The van der Waals surface area contributed by atoms with Crippen molar-refractivity contribution in [2.24, 2.45) is 12.0 Å². The van der Waals surface area contributed by atoms with Crippen molar-refractivity contribution < 1.29 is 0 Å². The monoisotopic (exact) mass is 352 g/mol. The molecule has 0 fully saturated rings. The zero-order chi connectivity index (χ0) is 18.4. The molecule has 3 aromatic rings. The summed E-state index contributed by atoms with van der Waals surface area (Å²) in [6.07, 6.45) is 3.54. The number of H-pyrrole nitrogens is 1. The van der Waals surface area contributed by atoms with Crippen LogP contribution in [0.5, 0.6) is 0 Å². The van der Waals surface area contributed by atoms with E-state index in [1.165, 1.54) is 0 Å². The molecule has 0 unspecified atom stereocenters. The highest BCUT2D eigenvalue weighted by molar-refractivity contribution is 5.79. The smallest absolute Gasteiger partial charge is 0.194 e. The van der Waals surface area contributed by atoms with Crippen molar-refractivity contribution in [1.29, 1.82) is 0 Å². The zero-order valence-corrected chi connectivity index (χ0v) is 15.3. The molecular weight excluding hydrogens is 328 g/mol. The van der Waals surface area contributed by atoms with Gasteiger partial charge in [0.05, 0.1) is 18.4 Å². The lowest BCUT2D eigenvalue weighted by atomic mass is 10.2. The van der Waals surface area contributed by atoms with E-state index in [9.17, 15) is 0 Å². The van der Waals surface area contributed by atoms with Crippen molar-refractivity contribution >= 4 is 5.96 Å². The first-order valence-electron chi connectivity index (χ1n) is 8.59. The second-order valence-electron chi connectivity index (χ2n) is 5.99. The summed E-state index contributed by atoms with van der Waals surface area (Å²) in [5.41, 5.74) is 2.13. The third-order valence-corrected chi connectivity index (χ3v) is 3.97. The Kier molecular flexibility index (Phi) is 5.62. The van der Waals surface area contributed by atoms with Gasteiger partial charge in [-0.1, -0.05) is 30.3 Å². The van der Waals surface area contributed by atoms with Crippen LogP contribution < -0.4 is 5.32 Å². The fourth-order valence-corrected chi connectivity index (χ4v) is 2.57. The quantitative estimate of drug-likeness (QED) is 0.522. The average Bonchev–Trinajstić information content (AvgIpc) is 3.28. The molecule has 8 heteroatoms.